The molecular weight excluding hydrogens is 544 g/mol. The van der Waals surface area contributed by atoms with E-state index >= 15 is 0 Å². The predicted octanol–water partition coefficient (Wildman–Crippen LogP) is 3.22. The van der Waals surface area contributed by atoms with E-state index in [2.05, 4.69) is 27.8 Å². The molecule has 11 heteroatoms. The summed E-state index contributed by atoms with van der Waals surface area (Å²) in [4.78, 5) is 46.9. The quantitative estimate of drug-likeness (QED) is 0.435. The van der Waals surface area contributed by atoms with Gasteiger partial charge in [0.1, 0.15) is 24.2 Å². The number of hydrogen-bond donors (Lipinski definition) is 2. The maximum Gasteiger partial charge on any atom is 0.244 e. The highest BCUT2D eigenvalue weighted by Crippen LogP contribution is 2.20. The van der Waals surface area contributed by atoms with Crippen LogP contribution in [-0.4, -0.2) is 66.3 Å². The molecule has 2 aromatic heterocycles. The summed E-state index contributed by atoms with van der Waals surface area (Å²) in [6, 6.07) is 8.76. The highest BCUT2D eigenvalue weighted by Gasteiger charge is 2.31. The molecule has 0 fully saturated rings. The average molecular weight is 591 g/mol. The molecule has 0 saturated carbocycles. The fourth-order valence-corrected chi connectivity index (χ4v) is 5.79. The third-order valence-corrected chi connectivity index (χ3v) is 8.47. The van der Waals surface area contributed by atoms with Crippen LogP contribution in [0.5, 0.6) is 0 Å². The molecule has 0 saturated heterocycles. The molecular formula is C32H46N8O3. The maximum absolute atomic E-state index is 13.7. The van der Waals surface area contributed by atoms with E-state index in [-0.39, 0.29) is 36.6 Å². The van der Waals surface area contributed by atoms with Gasteiger partial charge in [-0.1, -0.05) is 57.5 Å². The Morgan fingerprint density at radius 2 is 1.77 bits per heavy atom. The van der Waals surface area contributed by atoms with Crippen LogP contribution in [0, 0.1) is 26.7 Å². The molecule has 1 aliphatic heterocycles. The van der Waals surface area contributed by atoms with Gasteiger partial charge < -0.3 is 15.5 Å². The van der Waals surface area contributed by atoms with Crippen molar-refractivity contribution in [2.75, 3.05) is 13.1 Å². The first-order chi connectivity index (χ1) is 20.6. The van der Waals surface area contributed by atoms with Crippen LogP contribution in [0.2, 0.25) is 0 Å². The van der Waals surface area contributed by atoms with Gasteiger partial charge in [0.2, 0.25) is 17.7 Å². The summed E-state index contributed by atoms with van der Waals surface area (Å²) in [5.74, 6) is 0.646. The van der Waals surface area contributed by atoms with Gasteiger partial charge in [0.05, 0.1) is 18.3 Å². The highest BCUT2D eigenvalue weighted by atomic mass is 16.2. The van der Waals surface area contributed by atoms with Gasteiger partial charge in [0.15, 0.2) is 0 Å². The topological polar surface area (TPSA) is 127 Å². The van der Waals surface area contributed by atoms with Crippen molar-refractivity contribution in [1.82, 2.24) is 40.1 Å². The van der Waals surface area contributed by atoms with Gasteiger partial charge in [-0.15, -0.1) is 0 Å². The summed E-state index contributed by atoms with van der Waals surface area (Å²) in [6.07, 6.45) is 2.78. The van der Waals surface area contributed by atoms with E-state index < -0.39 is 12.1 Å². The molecule has 232 valence electrons. The Balaban J connectivity index is 1.66. The predicted molar refractivity (Wildman–Crippen MR) is 164 cm³/mol. The van der Waals surface area contributed by atoms with Crippen molar-refractivity contribution >= 4 is 17.7 Å². The minimum atomic E-state index is -0.687. The van der Waals surface area contributed by atoms with Crippen molar-refractivity contribution < 1.29 is 14.4 Å². The zero-order valence-electron chi connectivity index (χ0n) is 26.4. The fourth-order valence-electron chi connectivity index (χ4n) is 5.79. The second-order valence-electron chi connectivity index (χ2n) is 11.6. The summed E-state index contributed by atoms with van der Waals surface area (Å²) >= 11 is 0. The lowest BCUT2D eigenvalue weighted by Gasteiger charge is -2.28. The van der Waals surface area contributed by atoms with Crippen molar-refractivity contribution in [3.63, 3.8) is 0 Å². The van der Waals surface area contributed by atoms with Crippen LogP contribution >= 0.6 is 0 Å². The first-order valence-corrected chi connectivity index (χ1v) is 15.5. The molecule has 0 aliphatic carbocycles. The van der Waals surface area contributed by atoms with Crippen LogP contribution in [0.25, 0.3) is 0 Å². The number of rotatable bonds is 7. The Hall–Kier alpha value is -4.02. The van der Waals surface area contributed by atoms with E-state index in [0.717, 1.165) is 35.4 Å². The molecule has 11 nitrogen and oxygen atoms in total. The number of nitrogens with zero attached hydrogens (tertiary/aromatic N) is 6. The number of benzene rings is 1. The second kappa shape index (κ2) is 14.4. The van der Waals surface area contributed by atoms with Crippen molar-refractivity contribution in [2.24, 2.45) is 5.92 Å². The van der Waals surface area contributed by atoms with Crippen LogP contribution < -0.4 is 10.6 Å². The van der Waals surface area contributed by atoms with Gasteiger partial charge in [-0.2, -0.15) is 10.2 Å². The molecule has 0 spiro atoms. The normalized spacial score (nSPS) is 19.3. The highest BCUT2D eigenvalue weighted by molar-refractivity contribution is 5.88. The van der Waals surface area contributed by atoms with Crippen molar-refractivity contribution in [3.05, 3.63) is 64.5 Å². The summed E-state index contributed by atoms with van der Waals surface area (Å²) in [6.45, 7) is 13.2. The number of carbonyl (C=O) groups excluding carboxylic acids is 3. The third-order valence-electron chi connectivity index (χ3n) is 8.47. The smallest absolute Gasteiger partial charge is 0.244 e. The average Bonchev–Trinajstić information content (AvgIpc) is 3.49. The van der Waals surface area contributed by atoms with Crippen molar-refractivity contribution in [2.45, 2.75) is 98.8 Å². The van der Waals surface area contributed by atoms with Crippen molar-refractivity contribution in [3.8, 4) is 0 Å². The summed E-state index contributed by atoms with van der Waals surface area (Å²) in [5.41, 5.74) is 4.14. The third kappa shape index (κ3) is 7.88. The van der Waals surface area contributed by atoms with Gasteiger partial charge >= 0.3 is 0 Å². The Bertz CT molecular complexity index is 1410. The van der Waals surface area contributed by atoms with Gasteiger partial charge in [-0.05, 0) is 57.1 Å². The Labute approximate surface area is 254 Å². The Morgan fingerprint density at radius 3 is 2.44 bits per heavy atom. The number of nitrogens with one attached hydrogen (secondary N) is 2. The lowest BCUT2D eigenvalue weighted by molar-refractivity contribution is -0.133. The van der Waals surface area contributed by atoms with Crippen LogP contribution in [0.15, 0.2) is 30.3 Å². The lowest BCUT2D eigenvalue weighted by atomic mass is 9.97. The molecule has 43 heavy (non-hydrogen) atoms. The number of hydrogen-bond acceptors (Lipinski definition) is 6. The van der Waals surface area contributed by atoms with E-state index in [4.69, 9.17) is 4.98 Å². The molecule has 0 radical (unpaired) electrons. The SMILES string of the molecule is CCc1c(C)nn(CC(=O)N2CCCC(=O)N[C@@H]([C@@H](C)CC)C(=O)N[C@@H](Cc3ccccc3)c3nc(C)nn3CC2)c1C. The van der Waals surface area contributed by atoms with E-state index in [1.807, 2.05) is 69.6 Å². The summed E-state index contributed by atoms with van der Waals surface area (Å²) in [7, 11) is 0. The first kappa shape index (κ1) is 31.9. The Kier molecular flexibility index (Phi) is 10.7. The monoisotopic (exact) mass is 590 g/mol. The minimum absolute atomic E-state index is 0.0641. The van der Waals surface area contributed by atoms with E-state index in [1.165, 1.54) is 0 Å². The Morgan fingerprint density at radius 1 is 1.02 bits per heavy atom. The van der Waals surface area contributed by atoms with E-state index in [9.17, 15) is 14.4 Å². The summed E-state index contributed by atoms with van der Waals surface area (Å²) in [5, 5.41) is 15.5. The molecule has 4 rings (SSSR count). The van der Waals surface area contributed by atoms with Gasteiger partial charge in [0.25, 0.3) is 0 Å². The minimum Gasteiger partial charge on any atom is -0.344 e. The van der Waals surface area contributed by atoms with Crippen molar-refractivity contribution in [1.29, 1.82) is 0 Å². The fraction of sp³-hybridized carbons (Fsp3) is 0.562. The lowest BCUT2D eigenvalue weighted by Crippen LogP contribution is -2.51. The number of aromatic nitrogens is 5. The molecule has 2 N–H and O–H groups in total. The van der Waals surface area contributed by atoms with Crippen LogP contribution in [0.1, 0.15) is 80.2 Å². The van der Waals surface area contributed by atoms with Gasteiger partial charge in [-0.3, -0.25) is 19.1 Å². The molecule has 3 aromatic rings. The van der Waals surface area contributed by atoms with Gasteiger partial charge in [0, 0.05) is 25.2 Å². The number of fused-ring (bicyclic) bond motifs is 1. The summed E-state index contributed by atoms with van der Waals surface area (Å²) < 4.78 is 3.59. The molecule has 3 atom stereocenters. The zero-order chi connectivity index (χ0) is 31.1. The number of aryl methyl sites for hydroxylation is 2. The molecule has 3 heterocycles. The van der Waals surface area contributed by atoms with Crippen LogP contribution in [-0.2, 0) is 40.3 Å². The number of amides is 3. The molecule has 1 aliphatic rings. The molecule has 1 aromatic carbocycles. The van der Waals surface area contributed by atoms with E-state index in [0.29, 0.717) is 44.1 Å². The molecule has 3 amide bonds. The first-order valence-electron chi connectivity index (χ1n) is 15.5. The second-order valence-corrected chi connectivity index (χ2v) is 11.6. The molecule has 0 bridgehead atoms. The van der Waals surface area contributed by atoms with Gasteiger partial charge in [-0.25, -0.2) is 9.67 Å². The number of carbonyl (C=O) groups is 3. The zero-order valence-corrected chi connectivity index (χ0v) is 26.4. The standard InChI is InChI=1S/C32H46N8O3/c1-7-21(3)30-32(43)34-27(19-25-13-10-9-11-14-25)31-33-24(6)37-39(31)18-17-38(16-12-15-28(41)35-30)29(42)20-40-23(5)26(8-2)22(4)36-40/h9-11,13-14,21,27,30H,7-8,12,15-20H2,1-6H3,(H,34,43)(H,35,41)/t21-,27-,30-/m0/s1. The maximum atomic E-state index is 13.7. The largest absolute Gasteiger partial charge is 0.344 e. The van der Waals surface area contributed by atoms with Crippen LogP contribution in [0.3, 0.4) is 0 Å². The van der Waals surface area contributed by atoms with E-state index in [1.54, 1.807) is 9.58 Å². The molecule has 0 unspecified atom stereocenters. The van der Waals surface area contributed by atoms with Crippen LogP contribution in [0.4, 0.5) is 0 Å².